The monoisotopic (exact) mass is 404 g/mol. The number of thiophene rings is 1. The lowest BCUT2D eigenvalue weighted by Gasteiger charge is -2.28. The van der Waals surface area contributed by atoms with E-state index in [0.29, 0.717) is 17.9 Å². The zero-order valence-electron chi connectivity index (χ0n) is 17.0. The Hall–Kier alpha value is -2.54. The Labute approximate surface area is 170 Å². The molecule has 6 nitrogen and oxygen atoms in total. The third-order valence-electron chi connectivity index (χ3n) is 3.58. The minimum absolute atomic E-state index is 0.238. The van der Waals surface area contributed by atoms with Gasteiger partial charge in [0.15, 0.2) is 0 Å². The van der Waals surface area contributed by atoms with Crippen molar-refractivity contribution in [3.05, 3.63) is 52.2 Å². The lowest BCUT2D eigenvalue weighted by molar-refractivity contribution is 0.0509. The lowest BCUT2D eigenvalue weighted by atomic mass is 10.0. The van der Waals surface area contributed by atoms with E-state index < -0.39 is 17.2 Å². The fourth-order valence-corrected chi connectivity index (χ4v) is 2.92. The standard InChI is InChI=1S/C21H28N2O4S/c1-20(2,3)27-19(25)22-14-21(4,5)23-18(24)15-8-6-9-16(12-15)26-13-17-10-7-11-28-17/h6-12H,13-14H2,1-5H3,(H,22,25)(H,23,24). The molecule has 2 aromatic rings. The van der Waals surface area contributed by atoms with Gasteiger partial charge >= 0.3 is 6.09 Å². The third-order valence-corrected chi connectivity index (χ3v) is 4.43. The number of carbonyl (C=O) groups excluding carboxylic acids is 2. The Morgan fingerprint density at radius 1 is 1.07 bits per heavy atom. The fraction of sp³-hybridized carbons (Fsp3) is 0.429. The van der Waals surface area contributed by atoms with Crippen LogP contribution in [-0.4, -0.2) is 29.7 Å². The molecule has 152 valence electrons. The molecule has 0 aliphatic heterocycles. The zero-order chi connectivity index (χ0) is 20.8. The molecule has 2 rings (SSSR count). The molecule has 7 heteroatoms. The number of benzene rings is 1. The van der Waals surface area contributed by atoms with E-state index in [-0.39, 0.29) is 12.5 Å². The van der Waals surface area contributed by atoms with E-state index in [2.05, 4.69) is 10.6 Å². The molecule has 1 aromatic heterocycles. The normalized spacial score (nSPS) is 11.6. The molecule has 28 heavy (non-hydrogen) atoms. The summed E-state index contributed by atoms with van der Waals surface area (Å²) in [6.45, 7) is 9.77. The van der Waals surface area contributed by atoms with Gasteiger partial charge in [-0.3, -0.25) is 4.79 Å². The first-order chi connectivity index (χ1) is 13.0. The Morgan fingerprint density at radius 2 is 1.82 bits per heavy atom. The molecule has 0 unspecified atom stereocenters. The summed E-state index contributed by atoms with van der Waals surface area (Å²) in [7, 11) is 0. The highest BCUT2D eigenvalue weighted by Gasteiger charge is 2.24. The van der Waals surface area contributed by atoms with Crippen molar-refractivity contribution in [1.29, 1.82) is 0 Å². The van der Waals surface area contributed by atoms with Crippen molar-refractivity contribution in [2.45, 2.75) is 52.4 Å². The third kappa shape index (κ3) is 7.60. The van der Waals surface area contributed by atoms with Crippen LogP contribution in [0.4, 0.5) is 4.79 Å². The van der Waals surface area contributed by atoms with E-state index in [1.54, 1.807) is 50.3 Å². The van der Waals surface area contributed by atoms with Crippen molar-refractivity contribution in [1.82, 2.24) is 10.6 Å². The Kier molecular flexibility index (Phi) is 7.07. The number of ether oxygens (including phenoxy) is 2. The van der Waals surface area contributed by atoms with Gasteiger partial charge in [-0.2, -0.15) is 0 Å². The molecule has 0 radical (unpaired) electrons. The minimum atomic E-state index is -0.651. The molecule has 0 fully saturated rings. The Balaban J connectivity index is 1.90. The average Bonchev–Trinajstić information content (AvgIpc) is 3.10. The number of hydrogen-bond donors (Lipinski definition) is 2. The van der Waals surface area contributed by atoms with Crippen molar-refractivity contribution < 1.29 is 19.1 Å². The smallest absolute Gasteiger partial charge is 0.407 e. The summed E-state index contributed by atoms with van der Waals surface area (Å²) in [4.78, 5) is 25.5. The summed E-state index contributed by atoms with van der Waals surface area (Å²) in [5, 5.41) is 7.61. The first-order valence-corrected chi connectivity index (χ1v) is 9.97. The summed E-state index contributed by atoms with van der Waals surface area (Å²) >= 11 is 1.62. The van der Waals surface area contributed by atoms with Gasteiger partial charge in [0.25, 0.3) is 5.91 Å². The molecule has 0 aliphatic carbocycles. The topological polar surface area (TPSA) is 76.7 Å². The van der Waals surface area contributed by atoms with Crippen LogP contribution in [0.15, 0.2) is 41.8 Å². The molecule has 0 spiro atoms. The Bertz CT molecular complexity index is 795. The summed E-state index contributed by atoms with van der Waals surface area (Å²) in [6, 6.07) is 11.0. The highest BCUT2D eigenvalue weighted by molar-refractivity contribution is 7.09. The summed E-state index contributed by atoms with van der Waals surface area (Å²) in [5.74, 6) is 0.392. The number of amides is 2. The van der Waals surface area contributed by atoms with Gasteiger partial charge in [-0.1, -0.05) is 12.1 Å². The first-order valence-electron chi connectivity index (χ1n) is 9.09. The van der Waals surface area contributed by atoms with Crippen LogP contribution < -0.4 is 15.4 Å². The van der Waals surface area contributed by atoms with Crippen molar-refractivity contribution >= 4 is 23.3 Å². The second kappa shape index (κ2) is 9.10. The van der Waals surface area contributed by atoms with Crippen molar-refractivity contribution in [3.63, 3.8) is 0 Å². The molecule has 2 N–H and O–H groups in total. The fourth-order valence-electron chi connectivity index (χ4n) is 2.31. The van der Waals surface area contributed by atoms with Gasteiger partial charge in [0.2, 0.25) is 0 Å². The highest BCUT2D eigenvalue weighted by atomic mass is 32.1. The maximum Gasteiger partial charge on any atom is 0.407 e. The van der Waals surface area contributed by atoms with E-state index in [1.165, 1.54) is 0 Å². The molecule has 1 heterocycles. The van der Waals surface area contributed by atoms with Crippen LogP contribution in [0.1, 0.15) is 49.9 Å². The van der Waals surface area contributed by atoms with E-state index in [0.717, 1.165) is 4.88 Å². The van der Waals surface area contributed by atoms with Gasteiger partial charge in [-0.15, -0.1) is 11.3 Å². The number of nitrogens with one attached hydrogen (secondary N) is 2. The molecule has 0 saturated heterocycles. The van der Waals surface area contributed by atoms with Crippen molar-refractivity contribution in [3.8, 4) is 5.75 Å². The van der Waals surface area contributed by atoms with Gasteiger partial charge in [0, 0.05) is 17.0 Å². The molecule has 0 atom stereocenters. The van der Waals surface area contributed by atoms with Gasteiger partial charge in [-0.05, 0) is 64.3 Å². The first kappa shape index (κ1) is 21.8. The number of rotatable bonds is 7. The van der Waals surface area contributed by atoms with E-state index in [1.807, 2.05) is 37.4 Å². The maximum atomic E-state index is 12.6. The van der Waals surface area contributed by atoms with Crippen molar-refractivity contribution in [2.75, 3.05) is 6.54 Å². The molecular formula is C21H28N2O4S. The van der Waals surface area contributed by atoms with Gasteiger partial charge < -0.3 is 20.1 Å². The highest BCUT2D eigenvalue weighted by Crippen LogP contribution is 2.18. The number of carbonyl (C=O) groups is 2. The quantitative estimate of drug-likeness (QED) is 0.719. The predicted octanol–water partition coefficient (Wildman–Crippen LogP) is 4.36. The SMILES string of the molecule is CC(C)(CNC(=O)OC(C)(C)C)NC(=O)c1cccc(OCc2cccs2)c1. The molecular weight excluding hydrogens is 376 g/mol. The molecule has 1 aromatic carbocycles. The number of alkyl carbamates (subject to hydrolysis) is 1. The van der Waals surface area contributed by atoms with Crippen LogP contribution in [0.5, 0.6) is 5.75 Å². The molecule has 0 saturated carbocycles. The van der Waals surface area contributed by atoms with Crippen LogP contribution >= 0.6 is 11.3 Å². The lowest BCUT2D eigenvalue weighted by Crippen LogP contribution is -2.52. The van der Waals surface area contributed by atoms with E-state index >= 15 is 0 Å². The average molecular weight is 405 g/mol. The maximum absolute atomic E-state index is 12.6. The van der Waals surface area contributed by atoms with E-state index in [4.69, 9.17) is 9.47 Å². The largest absolute Gasteiger partial charge is 0.488 e. The van der Waals surface area contributed by atoms with E-state index in [9.17, 15) is 9.59 Å². The summed E-state index contributed by atoms with van der Waals surface area (Å²) < 4.78 is 11.0. The molecule has 0 bridgehead atoms. The predicted molar refractivity (Wildman–Crippen MR) is 111 cm³/mol. The number of hydrogen-bond acceptors (Lipinski definition) is 5. The second-order valence-corrected chi connectivity index (χ2v) is 9.12. The van der Waals surface area contributed by atoms with Crippen LogP contribution in [0, 0.1) is 0 Å². The van der Waals surface area contributed by atoms with Gasteiger partial charge in [0.1, 0.15) is 18.0 Å². The second-order valence-electron chi connectivity index (χ2n) is 8.09. The van der Waals surface area contributed by atoms with Crippen LogP contribution in [-0.2, 0) is 11.3 Å². The molecule has 0 aliphatic rings. The van der Waals surface area contributed by atoms with Gasteiger partial charge in [-0.25, -0.2) is 4.79 Å². The molecule has 2 amide bonds. The van der Waals surface area contributed by atoms with Crippen LogP contribution in [0.2, 0.25) is 0 Å². The Morgan fingerprint density at radius 3 is 2.46 bits per heavy atom. The van der Waals surface area contributed by atoms with Crippen molar-refractivity contribution in [2.24, 2.45) is 0 Å². The summed E-state index contributed by atoms with van der Waals surface area (Å²) in [6.07, 6.45) is -0.515. The zero-order valence-corrected chi connectivity index (χ0v) is 17.8. The van der Waals surface area contributed by atoms with Gasteiger partial charge in [0.05, 0.1) is 5.54 Å². The van der Waals surface area contributed by atoms with Crippen LogP contribution in [0.3, 0.4) is 0 Å². The summed E-state index contributed by atoms with van der Waals surface area (Å²) in [5.41, 5.74) is -0.725. The van der Waals surface area contributed by atoms with Crippen LogP contribution in [0.25, 0.3) is 0 Å². The minimum Gasteiger partial charge on any atom is -0.488 e.